The smallest absolute Gasteiger partial charge is 0.127 e. The first-order valence-corrected chi connectivity index (χ1v) is 11.3. The number of hydrogen-bond acceptors (Lipinski definition) is 5. The minimum Gasteiger partial charge on any atom is -0.508 e. The van der Waals surface area contributed by atoms with Crippen molar-refractivity contribution in [1.29, 1.82) is 0 Å². The average molecular weight is 408 g/mol. The topological polar surface area (TPSA) is 48.4 Å². The molecular formula is C24H29N3OS. The van der Waals surface area contributed by atoms with Crippen molar-refractivity contribution < 1.29 is 5.11 Å². The van der Waals surface area contributed by atoms with E-state index in [-0.39, 0.29) is 5.75 Å². The third-order valence-corrected chi connectivity index (χ3v) is 7.02. The fourth-order valence-corrected chi connectivity index (χ4v) is 4.91. The largest absolute Gasteiger partial charge is 0.508 e. The number of nitrogens with one attached hydrogen (secondary N) is 1. The standard InChI is InChI=1S/C24H29N3OS/c1-3-21-10-11-23(29-21)18-15-22(17-6-8-20(28)9-7-17)26-24(16-18)25-13-12-19-5-4-14-27(19)2/h6-11,15-16,19,28H,3-5,12-14H2,1-2H3,(H,25,26). The van der Waals surface area contributed by atoms with Crippen LogP contribution >= 0.6 is 11.3 Å². The molecule has 2 N–H and O–H groups in total. The van der Waals surface area contributed by atoms with E-state index in [0.29, 0.717) is 6.04 Å². The van der Waals surface area contributed by atoms with Crippen LogP contribution in [0.1, 0.15) is 31.1 Å². The predicted molar refractivity (Wildman–Crippen MR) is 123 cm³/mol. The van der Waals surface area contributed by atoms with Gasteiger partial charge in [0.15, 0.2) is 0 Å². The molecule has 3 aromatic rings. The van der Waals surface area contributed by atoms with Crippen LogP contribution in [0.25, 0.3) is 21.7 Å². The van der Waals surface area contributed by atoms with Gasteiger partial charge in [0.25, 0.3) is 0 Å². The highest BCUT2D eigenvalue weighted by Crippen LogP contribution is 2.33. The van der Waals surface area contributed by atoms with Crippen molar-refractivity contribution in [2.24, 2.45) is 0 Å². The Bertz CT molecular complexity index is 951. The minimum atomic E-state index is 0.273. The number of pyridine rings is 1. The second kappa shape index (κ2) is 8.97. The van der Waals surface area contributed by atoms with Crippen molar-refractivity contribution in [1.82, 2.24) is 9.88 Å². The SMILES string of the molecule is CCc1ccc(-c2cc(NCCC3CCCN3C)nc(-c3ccc(O)cc3)c2)s1. The van der Waals surface area contributed by atoms with Gasteiger partial charge in [-0.15, -0.1) is 11.3 Å². The lowest BCUT2D eigenvalue weighted by molar-refractivity contribution is 0.301. The quantitative estimate of drug-likeness (QED) is 0.532. The first-order chi connectivity index (χ1) is 14.1. The molecular weight excluding hydrogens is 378 g/mol. The number of rotatable bonds is 7. The van der Waals surface area contributed by atoms with Crippen molar-refractivity contribution in [3.8, 4) is 27.4 Å². The third-order valence-electron chi connectivity index (χ3n) is 5.74. The zero-order valence-corrected chi connectivity index (χ0v) is 18.0. The van der Waals surface area contributed by atoms with Gasteiger partial charge in [0.05, 0.1) is 5.69 Å². The molecule has 152 valence electrons. The molecule has 1 aromatic carbocycles. The van der Waals surface area contributed by atoms with E-state index in [1.807, 2.05) is 23.5 Å². The summed E-state index contributed by atoms with van der Waals surface area (Å²) in [7, 11) is 2.22. The molecule has 1 unspecified atom stereocenters. The van der Waals surface area contributed by atoms with Crippen LogP contribution in [0.2, 0.25) is 0 Å². The fraction of sp³-hybridized carbons (Fsp3) is 0.375. The Hall–Kier alpha value is -2.37. The van der Waals surface area contributed by atoms with Gasteiger partial charge in [0.1, 0.15) is 11.6 Å². The van der Waals surface area contributed by atoms with Gasteiger partial charge < -0.3 is 15.3 Å². The molecule has 4 rings (SSSR count). The molecule has 0 radical (unpaired) electrons. The summed E-state index contributed by atoms with van der Waals surface area (Å²) < 4.78 is 0. The number of hydrogen-bond donors (Lipinski definition) is 2. The molecule has 1 atom stereocenters. The van der Waals surface area contributed by atoms with Gasteiger partial charge in [-0.05, 0) is 93.4 Å². The highest BCUT2D eigenvalue weighted by Gasteiger charge is 2.20. The maximum Gasteiger partial charge on any atom is 0.127 e. The summed E-state index contributed by atoms with van der Waals surface area (Å²) in [5.74, 6) is 1.19. The monoisotopic (exact) mass is 407 g/mol. The van der Waals surface area contributed by atoms with Crippen LogP contribution in [0.3, 0.4) is 0 Å². The summed E-state index contributed by atoms with van der Waals surface area (Å²) in [5, 5.41) is 13.2. The van der Waals surface area contributed by atoms with Gasteiger partial charge in [0.2, 0.25) is 0 Å². The number of aromatic hydroxyl groups is 1. The van der Waals surface area contributed by atoms with Crippen molar-refractivity contribution in [3.63, 3.8) is 0 Å². The molecule has 29 heavy (non-hydrogen) atoms. The molecule has 0 aliphatic carbocycles. The molecule has 2 aromatic heterocycles. The van der Waals surface area contributed by atoms with Gasteiger partial charge in [-0.3, -0.25) is 0 Å². The molecule has 0 spiro atoms. The Morgan fingerprint density at radius 3 is 2.66 bits per heavy atom. The molecule has 0 bridgehead atoms. The second-order valence-corrected chi connectivity index (χ2v) is 8.95. The van der Waals surface area contributed by atoms with Gasteiger partial charge in [-0.2, -0.15) is 0 Å². The van der Waals surface area contributed by atoms with E-state index >= 15 is 0 Å². The molecule has 0 amide bonds. The predicted octanol–water partition coefficient (Wildman–Crippen LogP) is 5.64. The summed E-state index contributed by atoms with van der Waals surface area (Å²) in [4.78, 5) is 9.99. The van der Waals surface area contributed by atoms with E-state index in [4.69, 9.17) is 4.98 Å². The molecule has 1 fully saturated rings. The minimum absolute atomic E-state index is 0.273. The average Bonchev–Trinajstić information content (AvgIpc) is 3.37. The van der Waals surface area contributed by atoms with Crippen molar-refractivity contribution in [2.45, 2.75) is 38.6 Å². The first-order valence-electron chi connectivity index (χ1n) is 10.5. The summed E-state index contributed by atoms with van der Waals surface area (Å²) in [6.07, 6.45) is 4.79. The molecule has 1 aliphatic rings. The zero-order valence-electron chi connectivity index (χ0n) is 17.2. The normalized spacial score (nSPS) is 17.0. The van der Waals surface area contributed by atoms with E-state index in [1.165, 1.54) is 34.7 Å². The van der Waals surface area contributed by atoms with E-state index in [9.17, 15) is 5.11 Å². The Morgan fingerprint density at radius 2 is 1.97 bits per heavy atom. The summed E-state index contributed by atoms with van der Waals surface area (Å²) in [6.45, 7) is 4.32. The highest BCUT2D eigenvalue weighted by molar-refractivity contribution is 7.15. The molecule has 1 saturated heterocycles. The van der Waals surface area contributed by atoms with E-state index in [1.54, 1.807) is 12.1 Å². The van der Waals surface area contributed by atoms with Gasteiger partial charge in [-0.1, -0.05) is 6.92 Å². The van der Waals surface area contributed by atoms with E-state index in [0.717, 1.165) is 36.5 Å². The zero-order chi connectivity index (χ0) is 20.2. The van der Waals surface area contributed by atoms with Crippen molar-refractivity contribution in [3.05, 3.63) is 53.4 Å². The van der Waals surface area contributed by atoms with Crippen LogP contribution in [-0.4, -0.2) is 41.2 Å². The molecule has 5 heteroatoms. The number of thiophene rings is 1. The van der Waals surface area contributed by atoms with Crippen LogP contribution < -0.4 is 5.32 Å². The fourth-order valence-electron chi connectivity index (χ4n) is 3.98. The summed E-state index contributed by atoms with van der Waals surface area (Å²) in [6, 6.07) is 16.7. The second-order valence-electron chi connectivity index (χ2n) is 7.78. The molecule has 1 aliphatic heterocycles. The van der Waals surface area contributed by atoms with Crippen molar-refractivity contribution >= 4 is 17.2 Å². The lowest BCUT2D eigenvalue weighted by Crippen LogP contribution is -2.27. The number of phenols is 1. The maximum absolute atomic E-state index is 9.63. The van der Waals surface area contributed by atoms with Gasteiger partial charge >= 0.3 is 0 Å². The number of benzene rings is 1. The molecule has 3 heterocycles. The lowest BCUT2D eigenvalue weighted by atomic mass is 10.1. The van der Waals surface area contributed by atoms with Gasteiger partial charge in [-0.25, -0.2) is 4.98 Å². The third kappa shape index (κ3) is 4.80. The van der Waals surface area contributed by atoms with Crippen molar-refractivity contribution in [2.75, 3.05) is 25.5 Å². The number of aromatic nitrogens is 1. The molecule has 0 saturated carbocycles. The van der Waals surface area contributed by atoms with E-state index in [2.05, 4.69) is 48.5 Å². The van der Waals surface area contributed by atoms with Crippen LogP contribution in [0.15, 0.2) is 48.5 Å². The summed E-state index contributed by atoms with van der Waals surface area (Å²) in [5.41, 5.74) is 3.12. The lowest BCUT2D eigenvalue weighted by Gasteiger charge is -2.19. The van der Waals surface area contributed by atoms with Crippen LogP contribution in [0.4, 0.5) is 5.82 Å². The first kappa shape index (κ1) is 19.9. The molecule has 4 nitrogen and oxygen atoms in total. The number of nitrogens with zero attached hydrogens (tertiary/aromatic N) is 2. The Labute approximate surface area is 177 Å². The van der Waals surface area contributed by atoms with Crippen LogP contribution in [-0.2, 0) is 6.42 Å². The Morgan fingerprint density at radius 1 is 1.14 bits per heavy atom. The van der Waals surface area contributed by atoms with E-state index < -0.39 is 0 Å². The Kier molecular flexibility index (Phi) is 6.16. The summed E-state index contributed by atoms with van der Waals surface area (Å²) >= 11 is 1.84. The number of likely N-dealkylation sites (tertiary alicyclic amines) is 1. The van der Waals surface area contributed by atoms with Crippen LogP contribution in [0, 0.1) is 0 Å². The highest BCUT2D eigenvalue weighted by atomic mass is 32.1. The number of phenolic OH excluding ortho intramolecular Hbond substituents is 1. The Balaban J connectivity index is 1.59. The van der Waals surface area contributed by atoms with Crippen LogP contribution in [0.5, 0.6) is 5.75 Å². The number of anilines is 1. The van der Waals surface area contributed by atoms with Gasteiger partial charge in [0, 0.05) is 27.9 Å². The maximum atomic E-state index is 9.63. The number of aryl methyl sites for hydroxylation is 1.